The highest BCUT2D eigenvalue weighted by molar-refractivity contribution is 5.92. The standard InChI is InChI=1S/C12H18F3N3O/c1-2-4-9(7-16)17-11(19)10-5-3-6-18(10)8-12(13,14)15/h3,5-6,9H,2,4,7-8,16H2,1H3,(H,17,19). The molecule has 19 heavy (non-hydrogen) atoms. The maximum atomic E-state index is 12.3. The molecule has 0 bridgehead atoms. The molecule has 108 valence electrons. The number of aromatic nitrogens is 1. The zero-order chi connectivity index (χ0) is 14.5. The Kier molecular flexibility index (Phi) is 5.41. The van der Waals surface area contributed by atoms with Crippen LogP contribution in [-0.2, 0) is 6.54 Å². The van der Waals surface area contributed by atoms with Crippen LogP contribution in [0.2, 0.25) is 0 Å². The van der Waals surface area contributed by atoms with Crippen LogP contribution in [0.3, 0.4) is 0 Å². The molecule has 1 aromatic rings. The van der Waals surface area contributed by atoms with Gasteiger partial charge in [0.05, 0.1) is 0 Å². The van der Waals surface area contributed by atoms with E-state index in [2.05, 4.69) is 5.32 Å². The van der Waals surface area contributed by atoms with E-state index >= 15 is 0 Å². The van der Waals surface area contributed by atoms with Crippen LogP contribution in [0.15, 0.2) is 18.3 Å². The average molecular weight is 277 g/mol. The lowest BCUT2D eigenvalue weighted by Gasteiger charge is -2.17. The fraction of sp³-hybridized carbons (Fsp3) is 0.583. The van der Waals surface area contributed by atoms with Gasteiger partial charge in [0.2, 0.25) is 0 Å². The molecule has 1 aromatic heterocycles. The quantitative estimate of drug-likeness (QED) is 0.834. The average Bonchev–Trinajstić information content (AvgIpc) is 2.74. The van der Waals surface area contributed by atoms with Gasteiger partial charge in [-0.15, -0.1) is 0 Å². The van der Waals surface area contributed by atoms with Gasteiger partial charge in [-0.25, -0.2) is 0 Å². The van der Waals surface area contributed by atoms with Gasteiger partial charge in [0, 0.05) is 18.8 Å². The first-order valence-corrected chi connectivity index (χ1v) is 6.10. The molecule has 0 aliphatic carbocycles. The monoisotopic (exact) mass is 277 g/mol. The number of carbonyl (C=O) groups is 1. The zero-order valence-corrected chi connectivity index (χ0v) is 10.7. The fourth-order valence-corrected chi connectivity index (χ4v) is 1.81. The molecule has 1 amide bonds. The van der Waals surface area contributed by atoms with Crippen molar-refractivity contribution < 1.29 is 18.0 Å². The summed E-state index contributed by atoms with van der Waals surface area (Å²) >= 11 is 0. The lowest BCUT2D eigenvalue weighted by atomic mass is 10.1. The third kappa shape index (κ3) is 4.94. The molecule has 1 heterocycles. The Labute approximate surface area is 109 Å². The first-order valence-electron chi connectivity index (χ1n) is 6.10. The number of nitrogens with two attached hydrogens (primary N) is 1. The molecular weight excluding hydrogens is 259 g/mol. The van der Waals surface area contributed by atoms with E-state index in [0.29, 0.717) is 6.42 Å². The van der Waals surface area contributed by atoms with Gasteiger partial charge < -0.3 is 15.6 Å². The van der Waals surface area contributed by atoms with Crippen LogP contribution < -0.4 is 11.1 Å². The summed E-state index contributed by atoms with van der Waals surface area (Å²) in [6, 6.07) is 2.56. The Morgan fingerprint density at radius 1 is 1.53 bits per heavy atom. The predicted octanol–water partition coefficient (Wildman–Crippen LogP) is 1.91. The summed E-state index contributed by atoms with van der Waals surface area (Å²) in [6.45, 7) is 1.03. The van der Waals surface area contributed by atoms with Gasteiger partial charge in [-0.1, -0.05) is 13.3 Å². The highest BCUT2D eigenvalue weighted by Gasteiger charge is 2.29. The van der Waals surface area contributed by atoms with Crippen molar-refractivity contribution in [3.63, 3.8) is 0 Å². The smallest absolute Gasteiger partial charge is 0.347 e. The van der Waals surface area contributed by atoms with Crippen molar-refractivity contribution in [2.45, 2.75) is 38.5 Å². The highest BCUT2D eigenvalue weighted by Crippen LogP contribution is 2.19. The Bertz CT molecular complexity index is 415. The number of hydrogen-bond acceptors (Lipinski definition) is 2. The molecule has 1 unspecified atom stereocenters. The summed E-state index contributed by atoms with van der Waals surface area (Å²) < 4.78 is 37.9. The molecule has 4 nitrogen and oxygen atoms in total. The molecule has 0 fully saturated rings. The Balaban J connectivity index is 2.74. The molecule has 7 heteroatoms. The minimum Gasteiger partial charge on any atom is -0.347 e. The van der Waals surface area contributed by atoms with Crippen LogP contribution in [-0.4, -0.2) is 29.2 Å². The van der Waals surface area contributed by atoms with Crippen molar-refractivity contribution in [2.24, 2.45) is 5.73 Å². The number of halogens is 3. The number of nitrogens with one attached hydrogen (secondary N) is 1. The topological polar surface area (TPSA) is 60.0 Å². The molecule has 0 saturated heterocycles. The molecule has 1 rings (SSSR count). The summed E-state index contributed by atoms with van der Waals surface area (Å²) in [5.41, 5.74) is 5.49. The van der Waals surface area contributed by atoms with Crippen LogP contribution in [0.5, 0.6) is 0 Å². The van der Waals surface area contributed by atoms with Gasteiger partial charge in [-0.2, -0.15) is 13.2 Å². The molecule has 0 aliphatic heterocycles. The maximum Gasteiger partial charge on any atom is 0.406 e. The summed E-state index contributed by atoms with van der Waals surface area (Å²) in [5.74, 6) is -0.529. The van der Waals surface area contributed by atoms with Gasteiger partial charge in [0.15, 0.2) is 0 Å². The van der Waals surface area contributed by atoms with Crippen LogP contribution in [0.4, 0.5) is 13.2 Å². The van der Waals surface area contributed by atoms with Gasteiger partial charge >= 0.3 is 6.18 Å². The van der Waals surface area contributed by atoms with E-state index in [0.717, 1.165) is 11.0 Å². The van der Waals surface area contributed by atoms with E-state index in [4.69, 9.17) is 5.73 Å². The fourth-order valence-electron chi connectivity index (χ4n) is 1.81. The second kappa shape index (κ2) is 6.60. The van der Waals surface area contributed by atoms with Crippen molar-refractivity contribution in [3.8, 4) is 0 Å². The minimum absolute atomic E-state index is 0.00752. The van der Waals surface area contributed by atoms with Crippen LogP contribution in [0, 0.1) is 0 Å². The third-order valence-electron chi connectivity index (χ3n) is 2.67. The van der Waals surface area contributed by atoms with Crippen molar-refractivity contribution >= 4 is 5.91 Å². The van der Waals surface area contributed by atoms with Gasteiger partial charge in [-0.3, -0.25) is 4.79 Å². The SMILES string of the molecule is CCCC(CN)NC(=O)c1cccn1CC(F)(F)F. The molecule has 0 aliphatic rings. The zero-order valence-electron chi connectivity index (χ0n) is 10.7. The number of rotatable bonds is 6. The van der Waals surface area contributed by atoms with Crippen molar-refractivity contribution in [2.75, 3.05) is 6.54 Å². The Morgan fingerprint density at radius 3 is 2.74 bits per heavy atom. The Morgan fingerprint density at radius 2 is 2.21 bits per heavy atom. The van der Waals surface area contributed by atoms with Crippen LogP contribution in [0.25, 0.3) is 0 Å². The molecule has 0 spiro atoms. The van der Waals surface area contributed by atoms with Gasteiger partial charge in [0.25, 0.3) is 5.91 Å². The first-order chi connectivity index (χ1) is 8.87. The summed E-state index contributed by atoms with van der Waals surface area (Å²) in [5, 5.41) is 2.64. The molecule has 0 aromatic carbocycles. The number of alkyl halides is 3. The van der Waals surface area contributed by atoms with Crippen LogP contribution >= 0.6 is 0 Å². The van der Waals surface area contributed by atoms with Gasteiger partial charge in [-0.05, 0) is 18.6 Å². The summed E-state index contributed by atoms with van der Waals surface area (Å²) in [7, 11) is 0. The number of amides is 1. The number of carbonyl (C=O) groups excluding carboxylic acids is 1. The van der Waals surface area contributed by atoms with E-state index in [9.17, 15) is 18.0 Å². The second-order valence-corrected chi connectivity index (χ2v) is 4.33. The Hall–Kier alpha value is -1.50. The van der Waals surface area contributed by atoms with E-state index in [1.54, 1.807) is 0 Å². The lowest BCUT2D eigenvalue weighted by molar-refractivity contribution is -0.140. The molecule has 3 N–H and O–H groups in total. The second-order valence-electron chi connectivity index (χ2n) is 4.33. The van der Waals surface area contributed by atoms with Crippen molar-refractivity contribution in [1.29, 1.82) is 0 Å². The summed E-state index contributed by atoms with van der Waals surface area (Å²) in [6.07, 6.45) is -1.58. The third-order valence-corrected chi connectivity index (χ3v) is 2.67. The molecule has 1 atom stereocenters. The normalized spacial score (nSPS) is 13.3. The van der Waals surface area contributed by atoms with E-state index in [-0.39, 0.29) is 18.3 Å². The first kappa shape index (κ1) is 15.6. The van der Waals surface area contributed by atoms with Crippen molar-refractivity contribution in [3.05, 3.63) is 24.0 Å². The molecular formula is C12H18F3N3O. The minimum atomic E-state index is -4.36. The maximum absolute atomic E-state index is 12.3. The van der Waals surface area contributed by atoms with Gasteiger partial charge in [0.1, 0.15) is 12.2 Å². The largest absolute Gasteiger partial charge is 0.406 e. The number of hydrogen-bond donors (Lipinski definition) is 2. The van der Waals surface area contributed by atoms with Crippen LogP contribution in [0.1, 0.15) is 30.3 Å². The van der Waals surface area contributed by atoms with E-state index < -0.39 is 18.6 Å². The molecule has 0 saturated carbocycles. The van der Waals surface area contributed by atoms with E-state index in [1.807, 2.05) is 6.92 Å². The highest BCUT2D eigenvalue weighted by atomic mass is 19.4. The molecule has 0 radical (unpaired) electrons. The predicted molar refractivity (Wildman–Crippen MR) is 65.7 cm³/mol. The number of nitrogens with zero attached hydrogens (tertiary/aromatic N) is 1. The lowest BCUT2D eigenvalue weighted by Crippen LogP contribution is -2.41. The van der Waals surface area contributed by atoms with Crippen molar-refractivity contribution in [1.82, 2.24) is 9.88 Å². The summed E-state index contributed by atoms with van der Waals surface area (Å²) in [4.78, 5) is 11.9. The van der Waals surface area contributed by atoms with E-state index in [1.165, 1.54) is 18.3 Å².